The Balaban J connectivity index is 2.28. The van der Waals surface area contributed by atoms with Crippen LogP contribution in [0.15, 0.2) is 24.4 Å². The number of allylic oxidation sites excluding steroid dienone is 1. The van der Waals surface area contributed by atoms with E-state index in [1.165, 1.54) is 0 Å². The number of aromatic nitrogens is 2. The molecular formula is C7H10N2O. The highest BCUT2D eigenvalue weighted by atomic mass is 16.5. The van der Waals surface area contributed by atoms with Crippen LogP contribution in [0.4, 0.5) is 0 Å². The fourth-order valence-electron chi connectivity index (χ4n) is 0.558. The maximum Gasteiger partial charge on any atom is 0.209 e. The monoisotopic (exact) mass is 138 g/mol. The number of hydrogen-bond donors (Lipinski definition) is 1. The molecule has 0 amide bonds. The van der Waals surface area contributed by atoms with Crippen LogP contribution in [0.25, 0.3) is 0 Å². The number of nitrogens with zero attached hydrogens (tertiary/aromatic N) is 1. The summed E-state index contributed by atoms with van der Waals surface area (Å²) in [6.45, 7) is 2.55. The molecule has 1 aromatic rings. The average Bonchev–Trinajstić information content (AvgIpc) is 2.41. The van der Waals surface area contributed by atoms with E-state index in [4.69, 9.17) is 4.74 Å². The van der Waals surface area contributed by atoms with E-state index in [9.17, 15) is 0 Å². The summed E-state index contributed by atoms with van der Waals surface area (Å²) in [5, 5.41) is 6.42. The fraction of sp³-hybridized carbons (Fsp3) is 0.286. The number of hydrogen-bond acceptors (Lipinski definition) is 2. The molecule has 3 heteroatoms. The molecule has 54 valence electrons. The van der Waals surface area contributed by atoms with Crippen LogP contribution in [0.5, 0.6) is 5.88 Å². The van der Waals surface area contributed by atoms with Crippen molar-refractivity contribution in [1.82, 2.24) is 10.2 Å². The van der Waals surface area contributed by atoms with Crippen molar-refractivity contribution >= 4 is 0 Å². The van der Waals surface area contributed by atoms with Crippen LogP contribution in [0, 0.1) is 0 Å². The zero-order valence-corrected chi connectivity index (χ0v) is 5.87. The van der Waals surface area contributed by atoms with Crippen LogP contribution >= 0.6 is 0 Å². The topological polar surface area (TPSA) is 37.9 Å². The number of ether oxygens (including phenoxy) is 1. The molecule has 0 unspecified atom stereocenters. The van der Waals surface area contributed by atoms with Crippen molar-refractivity contribution < 1.29 is 4.74 Å². The average molecular weight is 138 g/mol. The first-order chi connectivity index (χ1) is 4.93. The van der Waals surface area contributed by atoms with Crippen molar-refractivity contribution in [2.24, 2.45) is 0 Å². The molecule has 0 atom stereocenters. The van der Waals surface area contributed by atoms with Crippen LogP contribution < -0.4 is 4.74 Å². The molecule has 0 fully saturated rings. The molecule has 0 bridgehead atoms. The van der Waals surface area contributed by atoms with Crippen LogP contribution in [-0.4, -0.2) is 16.8 Å². The largest absolute Gasteiger partial charge is 0.474 e. The molecule has 0 aliphatic heterocycles. The molecule has 0 saturated heterocycles. The molecule has 0 radical (unpaired) electrons. The van der Waals surface area contributed by atoms with Crippen molar-refractivity contribution in [3.05, 3.63) is 24.4 Å². The van der Waals surface area contributed by atoms with E-state index in [2.05, 4.69) is 10.2 Å². The van der Waals surface area contributed by atoms with E-state index in [-0.39, 0.29) is 0 Å². The quantitative estimate of drug-likeness (QED) is 0.640. The van der Waals surface area contributed by atoms with Crippen LogP contribution in [0.2, 0.25) is 0 Å². The molecule has 0 spiro atoms. The first kappa shape index (κ1) is 6.86. The number of H-pyrrole nitrogens is 1. The van der Waals surface area contributed by atoms with Gasteiger partial charge in [0.05, 0.1) is 6.20 Å². The Bertz CT molecular complexity index is 191. The molecule has 0 aliphatic rings. The first-order valence-electron chi connectivity index (χ1n) is 3.17. The summed E-state index contributed by atoms with van der Waals surface area (Å²) in [6.07, 6.45) is 5.53. The highest BCUT2D eigenvalue weighted by molar-refractivity contribution is 5.04. The van der Waals surface area contributed by atoms with E-state index in [1.807, 2.05) is 19.1 Å². The third kappa shape index (κ3) is 1.93. The summed E-state index contributed by atoms with van der Waals surface area (Å²) in [5.74, 6) is 0.707. The van der Waals surface area contributed by atoms with Gasteiger partial charge in [-0.1, -0.05) is 12.2 Å². The smallest absolute Gasteiger partial charge is 0.209 e. The molecule has 1 rings (SSSR count). The van der Waals surface area contributed by atoms with Crippen molar-refractivity contribution in [2.45, 2.75) is 6.92 Å². The highest BCUT2D eigenvalue weighted by Crippen LogP contribution is 2.00. The van der Waals surface area contributed by atoms with Crippen LogP contribution in [0.3, 0.4) is 0 Å². The summed E-state index contributed by atoms with van der Waals surface area (Å²) in [4.78, 5) is 0. The van der Waals surface area contributed by atoms with Gasteiger partial charge in [-0.15, -0.1) is 0 Å². The standard InChI is InChI=1S/C7H10N2O/c1-2-3-6-10-7-4-5-8-9-7/h2-5H,6H2,1H3,(H,8,9)/b3-2+. The molecule has 1 aromatic heterocycles. The van der Waals surface area contributed by atoms with Crippen molar-refractivity contribution in [1.29, 1.82) is 0 Å². The van der Waals surface area contributed by atoms with Crippen LogP contribution in [-0.2, 0) is 0 Å². The van der Waals surface area contributed by atoms with E-state index in [0.29, 0.717) is 12.5 Å². The van der Waals surface area contributed by atoms with Gasteiger partial charge in [0.1, 0.15) is 6.61 Å². The van der Waals surface area contributed by atoms with Gasteiger partial charge in [-0.05, 0) is 6.92 Å². The Morgan fingerprint density at radius 2 is 2.70 bits per heavy atom. The van der Waals surface area contributed by atoms with E-state index in [1.54, 1.807) is 12.3 Å². The molecule has 1 heterocycles. The van der Waals surface area contributed by atoms with Crippen molar-refractivity contribution in [2.75, 3.05) is 6.61 Å². The van der Waals surface area contributed by atoms with Gasteiger partial charge >= 0.3 is 0 Å². The van der Waals surface area contributed by atoms with Gasteiger partial charge in [0.2, 0.25) is 5.88 Å². The Morgan fingerprint density at radius 1 is 1.80 bits per heavy atom. The lowest BCUT2D eigenvalue weighted by molar-refractivity contribution is 0.347. The van der Waals surface area contributed by atoms with Gasteiger partial charge in [-0.25, -0.2) is 5.10 Å². The third-order valence-corrected chi connectivity index (χ3v) is 1.05. The fourth-order valence-corrected chi connectivity index (χ4v) is 0.558. The van der Waals surface area contributed by atoms with E-state index in [0.717, 1.165) is 0 Å². The van der Waals surface area contributed by atoms with Gasteiger partial charge < -0.3 is 4.74 Å². The molecular weight excluding hydrogens is 128 g/mol. The van der Waals surface area contributed by atoms with Crippen LogP contribution in [0.1, 0.15) is 6.92 Å². The Labute approximate surface area is 59.7 Å². The lowest BCUT2D eigenvalue weighted by Crippen LogP contribution is -1.92. The second-order valence-electron chi connectivity index (χ2n) is 1.80. The second kappa shape index (κ2) is 3.71. The maximum atomic E-state index is 5.18. The third-order valence-electron chi connectivity index (χ3n) is 1.05. The second-order valence-corrected chi connectivity index (χ2v) is 1.80. The van der Waals surface area contributed by atoms with Crippen molar-refractivity contribution in [3.63, 3.8) is 0 Å². The lowest BCUT2D eigenvalue weighted by Gasteiger charge is -1.95. The predicted octanol–water partition coefficient (Wildman–Crippen LogP) is 1.36. The molecule has 10 heavy (non-hydrogen) atoms. The molecule has 3 nitrogen and oxygen atoms in total. The van der Waals surface area contributed by atoms with Gasteiger partial charge in [0.25, 0.3) is 0 Å². The molecule has 0 aromatic carbocycles. The normalized spacial score (nSPS) is 10.5. The summed E-state index contributed by atoms with van der Waals surface area (Å²) in [5.41, 5.74) is 0. The minimum atomic E-state index is 0.596. The summed E-state index contributed by atoms with van der Waals surface area (Å²) >= 11 is 0. The molecule has 1 N–H and O–H groups in total. The summed E-state index contributed by atoms with van der Waals surface area (Å²) < 4.78 is 5.18. The maximum absolute atomic E-state index is 5.18. The first-order valence-corrected chi connectivity index (χ1v) is 3.17. The van der Waals surface area contributed by atoms with Gasteiger partial charge in [-0.2, -0.15) is 5.10 Å². The summed E-state index contributed by atoms with van der Waals surface area (Å²) in [7, 11) is 0. The summed E-state index contributed by atoms with van der Waals surface area (Å²) in [6, 6.07) is 1.78. The minimum absolute atomic E-state index is 0.596. The van der Waals surface area contributed by atoms with Gasteiger partial charge in [-0.3, -0.25) is 0 Å². The molecule has 0 aliphatic carbocycles. The minimum Gasteiger partial charge on any atom is -0.474 e. The van der Waals surface area contributed by atoms with E-state index < -0.39 is 0 Å². The Hall–Kier alpha value is -1.25. The number of rotatable bonds is 3. The Morgan fingerprint density at radius 3 is 3.30 bits per heavy atom. The predicted molar refractivity (Wildman–Crippen MR) is 38.9 cm³/mol. The molecule has 0 saturated carbocycles. The SMILES string of the molecule is C/C=C/COc1ccn[nH]1. The van der Waals surface area contributed by atoms with Gasteiger partial charge in [0.15, 0.2) is 0 Å². The zero-order valence-electron chi connectivity index (χ0n) is 5.87. The Kier molecular flexibility index (Phi) is 2.55. The van der Waals surface area contributed by atoms with Crippen molar-refractivity contribution in [3.8, 4) is 5.88 Å². The van der Waals surface area contributed by atoms with E-state index >= 15 is 0 Å². The number of aromatic amines is 1. The zero-order chi connectivity index (χ0) is 7.23. The highest BCUT2D eigenvalue weighted by Gasteiger charge is 1.87. The van der Waals surface area contributed by atoms with Gasteiger partial charge in [0, 0.05) is 6.07 Å². The lowest BCUT2D eigenvalue weighted by atomic mass is 10.5. The number of nitrogens with one attached hydrogen (secondary N) is 1.